The van der Waals surface area contributed by atoms with Crippen molar-refractivity contribution in [3.63, 3.8) is 0 Å². The standard InChI is InChI=1S/C15H21BrN2O2/c1-15(2,3)17-13(19)10-18(4)14(20)9-11-5-7-12(16)8-6-11/h5-8H,9-10H2,1-4H3,(H,17,19). The van der Waals surface area contributed by atoms with E-state index in [0.717, 1.165) is 10.0 Å². The van der Waals surface area contributed by atoms with E-state index in [1.54, 1.807) is 7.05 Å². The lowest BCUT2D eigenvalue weighted by molar-refractivity contribution is -0.134. The second-order valence-corrected chi connectivity index (χ2v) is 6.77. The summed E-state index contributed by atoms with van der Waals surface area (Å²) in [7, 11) is 1.64. The molecule has 0 atom stereocenters. The fourth-order valence-corrected chi connectivity index (χ4v) is 1.94. The molecule has 20 heavy (non-hydrogen) atoms. The van der Waals surface area contributed by atoms with Crippen LogP contribution in [-0.2, 0) is 16.0 Å². The average molecular weight is 341 g/mol. The molecule has 0 unspecified atom stereocenters. The van der Waals surface area contributed by atoms with E-state index in [2.05, 4.69) is 21.2 Å². The van der Waals surface area contributed by atoms with Crippen LogP contribution in [0.15, 0.2) is 28.7 Å². The third-order valence-electron chi connectivity index (χ3n) is 2.59. The maximum atomic E-state index is 12.0. The largest absolute Gasteiger partial charge is 0.350 e. The minimum atomic E-state index is -0.285. The molecule has 2 amide bonds. The first kappa shape index (κ1) is 16.7. The third-order valence-corrected chi connectivity index (χ3v) is 3.12. The number of nitrogens with zero attached hydrogens (tertiary/aromatic N) is 1. The first-order valence-corrected chi connectivity index (χ1v) is 7.26. The second-order valence-electron chi connectivity index (χ2n) is 5.85. The zero-order chi connectivity index (χ0) is 15.3. The first-order chi connectivity index (χ1) is 9.17. The molecule has 0 spiro atoms. The minimum Gasteiger partial charge on any atom is -0.350 e. The van der Waals surface area contributed by atoms with E-state index in [1.165, 1.54) is 4.90 Å². The van der Waals surface area contributed by atoms with E-state index >= 15 is 0 Å². The Bertz CT molecular complexity index is 478. The van der Waals surface area contributed by atoms with Gasteiger partial charge in [0, 0.05) is 17.1 Å². The topological polar surface area (TPSA) is 49.4 Å². The van der Waals surface area contributed by atoms with Gasteiger partial charge in [-0.25, -0.2) is 0 Å². The molecule has 0 fully saturated rings. The lowest BCUT2D eigenvalue weighted by atomic mass is 10.1. The molecule has 0 aliphatic heterocycles. The molecule has 0 aromatic heterocycles. The number of likely N-dealkylation sites (N-methyl/N-ethyl adjacent to an activating group) is 1. The number of hydrogen-bond donors (Lipinski definition) is 1. The highest BCUT2D eigenvalue weighted by Crippen LogP contribution is 2.11. The van der Waals surface area contributed by atoms with E-state index < -0.39 is 0 Å². The smallest absolute Gasteiger partial charge is 0.240 e. The summed E-state index contributed by atoms with van der Waals surface area (Å²) in [6.07, 6.45) is 0.298. The normalized spacial score (nSPS) is 11.1. The molecule has 1 rings (SSSR count). The molecule has 1 aromatic rings. The number of carbonyl (C=O) groups is 2. The Hall–Kier alpha value is -1.36. The Balaban J connectivity index is 2.51. The summed E-state index contributed by atoms with van der Waals surface area (Å²) in [5.74, 6) is -0.222. The van der Waals surface area contributed by atoms with Gasteiger partial charge in [0.1, 0.15) is 0 Å². The number of rotatable bonds is 4. The van der Waals surface area contributed by atoms with Crippen LogP contribution in [0.2, 0.25) is 0 Å². The van der Waals surface area contributed by atoms with Crippen molar-refractivity contribution >= 4 is 27.7 Å². The van der Waals surface area contributed by atoms with Gasteiger partial charge in [-0.15, -0.1) is 0 Å². The zero-order valence-electron chi connectivity index (χ0n) is 12.4. The van der Waals surface area contributed by atoms with Gasteiger partial charge in [-0.2, -0.15) is 0 Å². The van der Waals surface area contributed by atoms with Crippen LogP contribution in [0, 0.1) is 0 Å². The van der Waals surface area contributed by atoms with Gasteiger partial charge in [0.15, 0.2) is 0 Å². The Kier molecular flexibility index (Phi) is 5.74. The first-order valence-electron chi connectivity index (χ1n) is 6.47. The molecule has 0 saturated heterocycles. The fraction of sp³-hybridized carbons (Fsp3) is 0.467. The van der Waals surface area contributed by atoms with Gasteiger partial charge < -0.3 is 10.2 Å². The predicted molar refractivity (Wildman–Crippen MR) is 83.4 cm³/mol. The monoisotopic (exact) mass is 340 g/mol. The molecular formula is C15H21BrN2O2. The summed E-state index contributed by atoms with van der Waals surface area (Å²) in [5, 5.41) is 2.84. The van der Waals surface area contributed by atoms with Gasteiger partial charge in [-0.3, -0.25) is 9.59 Å². The maximum Gasteiger partial charge on any atom is 0.240 e. The van der Waals surface area contributed by atoms with E-state index in [1.807, 2.05) is 45.0 Å². The van der Waals surface area contributed by atoms with Crippen LogP contribution in [0.5, 0.6) is 0 Å². The summed E-state index contributed by atoms with van der Waals surface area (Å²) in [6.45, 7) is 5.81. The van der Waals surface area contributed by atoms with Crippen molar-refractivity contribution in [3.05, 3.63) is 34.3 Å². The average Bonchev–Trinajstić information content (AvgIpc) is 2.29. The van der Waals surface area contributed by atoms with Gasteiger partial charge in [0.2, 0.25) is 11.8 Å². The molecule has 110 valence electrons. The van der Waals surface area contributed by atoms with Crippen molar-refractivity contribution in [1.29, 1.82) is 0 Å². The van der Waals surface area contributed by atoms with Gasteiger partial charge >= 0.3 is 0 Å². The van der Waals surface area contributed by atoms with Gasteiger partial charge in [-0.05, 0) is 38.5 Å². The predicted octanol–water partition coefficient (Wildman–Crippen LogP) is 2.36. The van der Waals surface area contributed by atoms with Crippen LogP contribution >= 0.6 is 15.9 Å². The highest BCUT2D eigenvalue weighted by Gasteiger charge is 2.17. The number of carbonyl (C=O) groups excluding carboxylic acids is 2. The van der Waals surface area contributed by atoms with Crippen molar-refractivity contribution in [2.75, 3.05) is 13.6 Å². The quantitative estimate of drug-likeness (QED) is 0.914. The summed E-state index contributed by atoms with van der Waals surface area (Å²) < 4.78 is 0.978. The summed E-state index contributed by atoms with van der Waals surface area (Å²) >= 11 is 3.35. The molecular weight excluding hydrogens is 320 g/mol. The van der Waals surface area contributed by atoms with E-state index in [4.69, 9.17) is 0 Å². The van der Waals surface area contributed by atoms with Crippen molar-refractivity contribution in [1.82, 2.24) is 10.2 Å². The van der Waals surface area contributed by atoms with Crippen LogP contribution in [0.4, 0.5) is 0 Å². The minimum absolute atomic E-state index is 0.0728. The number of nitrogens with one attached hydrogen (secondary N) is 1. The number of hydrogen-bond acceptors (Lipinski definition) is 2. The van der Waals surface area contributed by atoms with Crippen LogP contribution in [0.25, 0.3) is 0 Å². The zero-order valence-corrected chi connectivity index (χ0v) is 14.0. The molecule has 5 heteroatoms. The van der Waals surface area contributed by atoms with Gasteiger partial charge in [0.05, 0.1) is 13.0 Å². The summed E-state index contributed by atoms with van der Waals surface area (Å²) in [4.78, 5) is 25.2. The lowest BCUT2D eigenvalue weighted by Gasteiger charge is -2.23. The second kappa shape index (κ2) is 6.88. The van der Waals surface area contributed by atoms with Crippen molar-refractivity contribution in [2.24, 2.45) is 0 Å². The number of benzene rings is 1. The van der Waals surface area contributed by atoms with Crippen molar-refractivity contribution < 1.29 is 9.59 Å². The Labute approximate surface area is 128 Å². The lowest BCUT2D eigenvalue weighted by Crippen LogP contribution is -2.46. The van der Waals surface area contributed by atoms with Gasteiger partial charge in [0.25, 0.3) is 0 Å². The fourth-order valence-electron chi connectivity index (χ4n) is 1.67. The Morgan fingerprint density at radius 3 is 2.25 bits per heavy atom. The molecule has 0 saturated carbocycles. The SMILES string of the molecule is CN(CC(=O)NC(C)(C)C)C(=O)Cc1ccc(Br)cc1. The maximum absolute atomic E-state index is 12.0. The van der Waals surface area contributed by atoms with Crippen molar-refractivity contribution in [3.8, 4) is 0 Å². The van der Waals surface area contributed by atoms with Crippen LogP contribution in [-0.4, -0.2) is 35.8 Å². The molecule has 0 aliphatic rings. The summed E-state index contributed by atoms with van der Waals surface area (Å²) in [5.41, 5.74) is 0.647. The van der Waals surface area contributed by atoms with Gasteiger partial charge in [-0.1, -0.05) is 28.1 Å². The summed E-state index contributed by atoms with van der Waals surface area (Å²) in [6, 6.07) is 7.58. The number of halogens is 1. The van der Waals surface area contributed by atoms with Crippen LogP contribution in [0.3, 0.4) is 0 Å². The molecule has 0 heterocycles. The highest BCUT2D eigenvalue weighted by atomic mass is 79.9. The molecule has 0 aliphatic carbocycles. The van der Waals surface area contributed by atoms with Crippen LogP contribution in [0.1, 0.15) is 26.3 Å². The molecule has 1 N–H and O–H groups in total. The van der Waals surface area contributed by atoms with Crippen molar-refractivity contribution in [2.45, 2.75) is 32.7 Å². The highest BCUT2D eigenvalue weighted by molar-refractivity contribution is 9.10. The number of amides is 2. The third kappa shape index (κ3) is 6.19. The molecule has 4 nitrogen and oxygen atoms in total. The van der Waals surface area contributed by atoms with Crippen LogP contribution < -0.4 is 5.32 Å². The molecule has 0 bridgehead atoms. The molecule has 1 aromatic carbocycles. The Morgan fingerprint density at radius 1 is 1.20 bits per heavy atom. The van der Waals surface area contributed by atoms with E-state index in [-0.39, 0.29) is 23.9 Å². The molecule has 0 radical (unpaired) electrons. The van der Waals surface area contributed by atoms with E-state index in [0.29, 0.717) is 6.42 Å². The van der Waals surface area contributed by atoms with E-state index in [9.17, 15) is 9.59 Å². The Morgan fingerprint density at radius 2 is 1.75 bits per heavy atom.